The number of rotatable bonds is 2. The molecule has 0 saturated heterocycles. The lowest BCUT2D eigenvalue weighted by atomic mass is 10.4. The van der Waals surface area contributed by atoms with Crippen molar-refractivity contribution in [2.24, 2.45) is 0 Å². The van der Waals surface area contributed by atoms with Crippen LogP contribution in [0.5, 0.6) is 0 Å². The first kappa shape index (κ1) is 7.46. The molecule has 1 rings (SSSR count). The van der Waals surface area contributed by atoms with E-state index in [0.29, 0.717) is 0 Å². The van der Waals surface area contributed by atoms with Crippen molar-refractivity contribution in [2.45, 2.75) is 4.90 Å². The standard InChI is InChI=1S/C6H7PS2/c7-9-8-6-4-2-1-3-5-6/h1-5H,7H2. The average molecular weight is 174 g/mol. The quantitative estimate of drug-likeness (QED) is 0.498. The monoisotopic (exact) mass is 174 g/mol. The summed E-state index contributed by atoms with van der Waals surface area (Å²) in [6, 6.07) is 10.3. The van der Waals surface area contributed by atoms with Gasteiger partial charge in [0.25, 0.3) is 0 Å². The van der Waals surface area contributed by atoms with E-state index < -0.39 is 0 Å². The maximum Gasteiger partial charge on any atom is 0.0185 e. The third-order valence-electron chi connectivity index (χ3n) is 0.888. The highest BCUT2D eigenvalue weighted by molar-refractivity contribution is 8.94. The molecular weight excluding hydrogens is 167 g/mol. The van der Waals surface area contributed by atoms with E-state index in [2.05, 4.69) is 20.6 Å². The Labute approximate surface area is 65.2 Å². The Morgan fingerprint density at radius 1 is 1.11 bits per heavy atom. The minimum absolute atomic E-state index is 1.30. The van der Waals surface area contributed by atoms with Gasteiger partial charge in [-0.3, -0.25) is 0 Å². The summed E-state index contributed by atoms with van der Waals surface area (Å²) in [5, 5.41) is 0. The summed E-state index contributed by atoms with van der Waals surface area (Å²) in [7, 11) is 6.05. The molecule has 0 bridgehead atoms. The lowest BCUT2D eigenvalue weighted by Crippen LogP contribution is -1.60. The van der Waals surface area contributed by atoms with Gasteiger partial charge in [0.2, 0.25) is 0 Å². The van der Waals surface area contributed by atoms with E-state index in [4.69, 9.17) is 0 Å². The van der Waals surface area contributed by atoms with Crippen LogP contribution in [-0.4, -0.2) is 0 Å². The van der Waals surface area contributed by atoms with E-state index in [1.54, 1.807) is 21.2 Å². The van der Waals surface area contributed by atoms with Gasteiger partial charge in [-0.05, 0) is 12.1 Å². The highest BCUT2D eigenvalue weighted by atomic mass is 33.3. The Morgan fingerprint density at radius 3 is 2.33 bits per heavy atom. The van der Waals surface area contributed by atoms with Crippen LogP contribution in [0.15, 0.2) is 35.2 Å². The molecule has 0 fully saturated rings. The lowest BCUT2D eigenvalue weighted by Gasteiger charge is -1.92. The van der Waals surface area contributed by atoms with Gasteiger partial charge < -0.3 is 0 Å². The normalized spacial score (nSPS) is 9.44. The van der Waals surface area contributed by atoms with Crippen LogP contribution in [0.25, 0.3) is 0 Å². The fourth-order valence-electron chi connectivity index (χ4n) is 0.532. The molecule has 0 aliphatic carbocycles. The molecule has 0 saturated carbocycles. The summed E-state index contributed by atoms with van der Waals surface area (Å²) in [6.07, 6.45) is 0. The fraction of sp³-hybridized carbons (Fsp3) is 0. The van der Waals surface area contributed by atoms with Gasteiger partial charge in [-0.15, -0.1) is 0 Å². The molecule has 0 spiro atoms. The van der Waals surface area contributed by atoms with Crippen molar-refractivity contribution < 1.29 is 0 Å². The molecule has 48 valence electrons. The molecule has 0 heterocycles. The molecule has 9 heavy (non-hydrogen) atoms. The first-order valence-electron chi connectivity index (χ1n) is 2.52. The van der Waals surface area contributed by atoms with E-state index in [-0.39, 0.29) is 0 Å². The Kier molecular flexibility index (Phi) is 3.49. The van der Waals surface area contributed by atoms with E-state index in [1.165, 1.54) is 4.90 Å². The first-order chi connectivity index (χ1) is 4.43. The highest BCUT2D eigenvalue weighted by Crippen LogP contribution is 2.35. The van der Waals surface area contributed by atoms with Gasteiger partial charge >= 0.3 is 0 Å². The topological polar surface area (TPSA) is 0 Å². The minimum Gasteiger partial charge on any atom is -0.0685 e. The molecule has 0 nitrogen and oxygen atoms in total. The maximum absolute atomic E-state index is 2.61. The van der Waals surface area contributed by atoms with Gasteiger partial charge in [0.05, 0.1) is 0 Å². The third kappa shape index (κ3) is 2.61. The molecule has 1 aromatic carbocycles. The smallest absolute Gasteiger partial charge is 0.0185 e. The summed E-state index contributed by atoms with van der Waals surface area (Å²) in [6.45, 7) is 0. The first-order valence-corrected chi connectivity index (χ1v) is 6.14. The van der Waals surface area contributed by atoms with Crippen LogP contribution in [0, 0.1) is 0 Å². The largest absolute Gasteiger partial charge is 0.0685 e. The minimum atomic E-state index is 1.30. The summed E-state index contributed by atoms with van der Waals surface area (Å²) in [5.74, 6) is 0. The molecular formula is C6H7PS2. The zero-order chi connectivity index (χ0) is 6.53. The van der Waals surface area contributed by atoms with Gasteiger partial charge in [0.15, 0.2) is 0 Å². The van der Waals surface area contributed by atoms with E-state index in [9.17, 15) is 0 Å². The van der Waals surface area contributed by atoms with Crippen molar-refractivity contribution in [3.63, 3.8) is 0 Å². The molecule has 3 heteroatoms. The molecule has 1 atom stereocenters. The zero-order valence-corrected chi connectivity index (χ0v) is 7.57. The molecule has 0 amide bonds. The second-order valence-corrected chi connectivity index (χ2v) is 5.13. The molecule has 0 aliphatic heterocycles. The van der Waals surface area contributed by atoms with Crippen LogP contribution >= 0.6 is 29.6 Å². The highest BCUT2D eigenvalue weighted by Gasteiger charge is 1.85. The Bertz CT molecular complexity index is 164. The Balaban J connectivity index is 2.61. The van der Waals surface area contributed by atoms with Crippen LogP contribution in [0.2, 0.25) is 0 Å². The van der Waals surface area contributed by atoms with Crippen molar-refractivity contribution >= 4 is 29.6 Å². The van der Waals surface area contributed by atoms with Crippen LogP contribution in [-0.2, 0) is 0 Å². The van der Waals surface area contributed by atoms with Crippen LogP contribution in [0.3, 0.4) is 0 Å². The van der Waals surface area contributed by atoms with Gasteiger partial charge in [0, 0.05) is 4.90 Å². The Hall–Kier alpha value is 0.350. The van der Waals surface area contributed by atoms with Gasteiger partial charge in [-0.25, -0.2) is 0 Å². The molecule has 0 radical (unpaired) electrons. The number of benzene rings is 1. The predicted molar refractivity (Wildman–Crippen MR) is 49.6 cm³/mol. The summed E-state index contributed by atoms with van der Waals surface area (Å²) in [4.78, 5) is 1.30. The predicted octanol–water partition coefficient (Wildman–Crippen LogP) is 3.22. The molecule has 0 aliphatic rings. The van der Waals surface area contributed by atoms with Crippen LogP contribution in [0.4, 0.5) is 0 Å². The van der Waals surface area contributed by atoms with E-state index >= 15 is 0 Å². The van der Waals surface area contributed by atoms with Gasteiger partial charge in [0.1, 0.15) is 0 Å². The SMILES string of the molecule is PSSc1ccccc1. The van der Waals surface area contributed by atoms with Gasteiger partial charge in [-0.2, -0.15) is 0 Å². The lowest BCUT2D eigenvalue weighted by molar-refractivity contribution is 1.48. The molecule has 1 unspecified atom stereocenters. The number of hydrogen-bond acceptors (Lipinski definition) is 2. The zero-order valence-electron chi connectivity index (χ0n) is 4.78. The van der Waals surface area contributed by atoms with Gasteiger partial charge in [-0.1, -0.05) is 47.8 Å². The second kappa shape index (κ2) is 4.21. The second-order valence-electron chi connectivity index (χ2n) is 1.49. The van der Waals surface area contributed by atoms with Crippen molar-refractivity contribution in [3.8, 4) is 0 Å². The molecule has 1 aromatic rings. The summed E-state index contributed by atoms with van der Waals surface area (Å²) in [5.41, 5.74) is 0. The molecule has 0 aromatic heterocycles. The van der Waals surface area contributed by atoms with Crippen molar-refractivity contribution in [1.29, 1.82) is 0 Å². The third-order valence-corrected chi connectivity index (χ3v) is 3.18. The fourth-order valence-corrected chi connectivity index (χ4v) is 2.58. The van der Waals surface area contributed by atoms with Crippen molar-refractivity contribution in [1.82, 2.24) is 0 Å². The average Bonchev–Trinajstić information content (AvgIpc) is 1.91. The van der Waals surface area contributed by atoms with Crippen LogP contribution in [0.1, 0.15) is 0 Å². The molecule has 0 N–H and O–H groups in total. The van der Waals surface area contributed by atoms with E-state index in [0.717, 1.165) is 0 Å². The van der Waals surface area contributed by atoms with Crippen molar-refractivity contribution in [3.05, 3.63) is 30.3 Å². The van der Waals surface area contributed by atoms with E-state index in [1.807, 2.05) is 18.2 Å². The maximum atomic E-state index is 2.61. The number of hydrogen-bond donors (Lipinski definition) is 0. The van der Waals surface area contributed by atoms with Crippen molar-refractivity contribution in [2.75, 3.05) is 0 Å². The van der Waals surface area contributed by atoms with Crippen LogP contribution < -0.4 is 0 Å². The summed E-state index contributed by atoms with van der Waals surface area (Å²) >= 11 is 0. The summed E-state index contributed by atoms with van der Waals surface area (Å²) < 4.78 is 0. The Morgan fingerprint density at radius 2 is 1.78 bits per heavy atom.